The van der Waals surface area contributed by atoms with Gasteiger partial charge in [-0.1, -0.05) is 6.07 Å². The Morgan fingerprint density at radius 3 is 2.60 bits per heavy atom. The Balaban J connectivity index is 3.00. The lowest BCUT2D eigenvalue weighted by Gasteiger charge is -2.11. The monoisotopic (exact) mass is 208 g/mol. The molecule has 4 heteroatoms. The molecule has 0 saturated carbocycles. The average Bonchev–Trinajstić information content (AvgIpc) is 2.22. The zero-order chi connectivity index (χ0) is 11.4. The molecule has 0 spiro atoms. The SMILES string of the molecule is Cc1cc(NC(=O)CN)c(C)cc1CO. The summed E-state index contributed by atoms with van der Waals surface area (Å²) in [5.74, 6) is -0.214. The molecule has 0 aromatic heterocycles. The number of amides is 1. The van der Waals surface area contributed by atoms with Crippen molar-refractivity contribution in [1.29, 1.82) is 0 Å². The fraction of sp³-hybridized carbons (Fsp3) is 0.364. The molecule has 0 aliphatic carbocycles. The normalized spacial score (nSPS) is 10.1. The molecule has 15 heavy (non-hydrogen) atoms. The number of nitrogens with two attached hydrogens (primary N) is 1. The molecule has 1 aromatic carbocycles. The first kappa shape index (κ1) is 11.7. The third-order valence-electron chi connectivity index (χ3n) is 2.31. The van der Waals surface area contributed by atoms with Gasteiger partial charge in [0.15, 0.2) is 0 Å². The Morgan fingerprint density at radius 2 is 2.07 bits per heavy atom. The van der Waals surface area contributed by atoms with Crippen LogP contribution < -0.4 is 11.1 Å². The lowest BCUT2D eigenvalue weighted by molar-refractivity contribution is -0.114. The van der Waals surface area contributed by atoms with Crippen LogP contribution in [0, 0.1) is 13.8 Å². The Bertz CT molecular complexity index is 375. The van der Waals surface area contributed by atoms with Gasteiger partial charge in [-0.15, -0.1) is 0 Å². The molecule has 1 rings (SSSR count). The molecule has 1 amide bonds. The number of benzene rings is 1. The van der Waals surface area contributed by atoms with E-state index >= 15 is 0 Å². The van der Waals surface area contributed by atoms with Crippen molar-refractivity contribution in [3.05, 3.63) is 28.8 Å². The topological polar surface area (TPSA) is 75.4 Å². The van der Waals surface area contributed by atoms with E-state index in [9.17, 15) is 4.79 Å². The summed E-state index contributed by atoms with van der Waals surface area (Å²) in [6, 6.07) is 3.70. The second-order valence-corrected chi connectivity index (χ2v) is 3.50. The molecule has 0 saturated heterocycles. The molecule has 0 radical (unpaired) electrons. The smallest absolute Gasteiger partial charge is 0.238 e. The van der Waals surface area contributed by atoms with Gasteiger partial charge in [0.2, 0.25) is 5.91 Å². The van der Waals surface area contributed by atoms with Gasteiger partial charge >= 0.3 is 0 Å². The fourth-order valence-electron chi connectivity index (χ4n) is 1.38. The molecule has 0 aliphatic heterocycles. The van der Waals surface area contributed by atoms with Gasteiger partial charge in [0.05, 0.1) is 13.2 Å². The summed E-state index contributed by atoms with van der Waals surface area (Å²) in [6.07, 6.45) is 0. The van der Waals surface area contributed by atoms with Gasteiger partial charge in [-0.05, 0) is 36.6 Å². The number of aliphatic hydroxyl groups excluding tert-OH is 1. The maximum atomic E-state index is 11.1. The Morgan fingerprint density at radius 1 is 1.40 bits per heavy atom. The minimum absolute atomic E-state index is 0.0117. The number of rotatable bonds is 3. The highest BCUT2D eigenvalue weighted by molar-refractivity contribution is 5.92. The van der Waals surface area contributed by atoms with Crippen molar-refractivity contribution in [1.82, 2.24) is 0 Å². The summed E-state index contributed by atoms with van der Waals surface area (Å²) in [4.78, 5) is 11.1. The molecule has 0 bridgehead atoms. The van der Waals surface area contributed by atoms with Crippen LogP contribution in [0.15, 0.2) is 12.1 Å². The van der Waals surface area contributed by atoms with E-state index in [1.54, 1.807) is 0 Å². The van der Waals surface area contributed by atoms with Crippen LogP contribution >= 0.6 is 0 Å². The highest BCUT2D eigenvalue weighted by Crippen LogP contribution is 2.20. The molecule has 82 valence electrons. The summed E-state index contributed by atoms with van der Waals surface area (Å²) in [5.41, 5.74) is 8.71. The predicted octanol–water partition coefficient (Wildman–Crippen LogP) is 0.693. The number of carbonyl (C=O) groups is 1. The van der Waals surface area contributed by atoms with Crippen molar-refractivity contribution in [2.45, 2.75) is 20.5 Å². The Labute approximate surface area is 89.1 Å². The van der Waals surface area contributed by atoms with Crippen LogP contribution in [-0.4, -0.2) is 17.6 Å². The zero-order valence-corrected chi connectivity index (χ0v) is 9.00. The lowest BCUT2D eigenvalue weighted by Crippen LogP contribution is -2.22. The van der Waals surface area contributed by atoms with Crippen LogP contribution in [0.4, 0.5) is 5.69 Å². The van der Waals surface area contributed by atoms with Gasteiger partial charge in [0.1, 0.15) is 0 Å². The van der Waals surface area contributed by atoms with Crippen molar-refractivity contribution in [2.24, 2.45) is 5.73 Å². The van der Waals surface area contributed by atoms with Gasteiger partial charge in [-0.3, -0.25) is 4.79 Å². The lowest BCUT2D eigenvalue weighted by atomic mass is 10.0. The third-order valence-corrected chi connectivity index (χ3v) is 2.31. The molecule has 4 nitrogen and oxygen atoms in total. The molecular formula is C11H16N2O2. The summed E-state index contributed by atoms with van der Waals surface area (Å²) in [6.45, 7) is 3.76. The summed E-state index contributed by atoms with van der Waals surface area (Å²) < 4.78 is 0. The maximum Gasteiger partial charge on any atom is 0.238 e. The Hall–Kier alpha value is -1.39. The zero-order valence-electron chi connectivity index (χ0n) is 9.00. The van der Waals surface area contributed by atoms with E-state index in [-0.39, 0.29) is 19.1 Å². The van der Waals surface area contributed by atoms with Crippen LogP contribution in [0.3, 0.4) is 0 Å². The largest absolute Gasteiger partial charge is 0.392 e. The van der Waals surface area contributed by atoms with E-state index in [2.05, 4.69) is 5.32 Å². The first-order valence-electron chi connectivity index (χ1n) is 4.79. The van der Waals surface area contributed by atoms with Crippen molar-refractivity contribution in [3.8, 4) is 0 Å². The van der Waals surface area contributed by atoms with Crippen molar-refractivity contribution < 1.29 is 9.90 Å². The standard InChI is InChI=1S/C11H16N2O2/c1-7-4-10(13-11(15)5-12)8(2)3-9(7)6-14/h3-4,14H,5-6,12H2,1-2H3,(H,13,15). The number of hydrogen-bond acceptors (Lipinski definition) is 3. The van der Waals surface area contributed by atoms with Gasteiger partial charge in [0, 0.05) is 5.69 Å². The van der Waals surface area contributed by atoms with Crippen LogP contribution in [0.2, 0.25) is 0 Å². The quantitative estimate of drug-likeness (QED) is 0.684. The number of aliphatic hydroxyl groups is 1. The van der Waals surface area contributed by atoms with Crippen molar-refractivity contribution >= 4 is 11.6 Å². The van der Waals surface area contributed by atoms with E-state index in [1.165, 1.54) is 0 Å². The number of carbonyl (C=O) groups excluding carboxylic acids is 1. The van der Waals surface area contributed by atoms with Gasteiger partial charge in [0.25, 0.3) is 0 Å². The molecule has 0 aliphatic rings. The second-order valence-electron chi connectivity index (χ2n) is 3.50. The van der Waals surface area contributed by atoms with Gasteiger partial charge in [-0.2, -0.15) is 0 Å². The summed E-state index contributed by atoms with van der Waals surface area (Å²) in [5, 5.41) is 11.8. The minimum atomic E-state index is -0.214. The molecule has 1 aromatic rings. The van der Waals surface area contributed by atoms with E-state index in [0.29, 0.717) is 0 Å². The minimum Gasteiger partial charge on any atom is -0.392 e. The molecule has 0 atom stereocenters. The van der Waals surface area contributed by atoms with Crippen LogP contribution in [0.5, 0.6) is 0 Å². The third kappa shape index (κ3) is 2.78. The van der Waals surface area contributed by atoms with Gasteiger partial charge in [-0.25, -0.2) is 0 Å². The molecule has 4 N–H and O–H groups in total. The van der Waals surface area contributed by atoms with Gasteiger partial charge < -0.3 is 16.2 Å². The number of aryl methyl sites for hydroxylation is 2. The number of anilines is 1. The molecular weight excluding hydrogens is 192 g/mol. The number of hydrogen-bond donors (Lipinski definition) is 3. The van der Waals surface area contributed by atoms with Crippen LogP contribution in [0.25, 0.3) is 0 Å². The molecule has 0 unspecified atom stereocenters. The average molecular weight is 208 g/mol. The molecule has 0 fully saturated rings. The second kappa shape index (κ2) is 4.91. The number of nitrogens with one attached hydrogen (secondary N) is 1. The summed E-state index contributed by atoms with van der Waals surface area (Å²) >= 11 is 0. The highest BCUT2D eigenvalue weighted by Gasteiger charge is 2.06. The summed E-state index contributed by atoms with van der Waals surface area (Å²) in [7, 11) is 0. The van der Waals surface area contributed by atoms with Crippen LogP contribution in [-0.2, 0) is 11.4 Å². The van der Waals surface area contributed by atoms with E-state index in [0.717, 1.165) is 22.4 Å². The first-order chi connectivity index (χ1) is 7.08. The molecule has 0 heterocycles. The van der Waals surface area contributed by atoms with Crippen molar-refractivity contribution in [3.63, 3.8) is 0 Å². The maximum absolute atomic E-state index is 11.1. The van der Waals surface area contributed by atoms with Crippen molar-refractivity contribution in [2.75, 3.05) is 11.9 Å². The van der Waals surface area contributed by atoms with E-state index in [4.69, 9.17) is 10.8 Å². The van der Waals surface area contributed by atoms with Crippen LogP contribution in [0.1, 0.15) is 16.7 Å². The predicted molar refractivity (Wildman–Crippen MR) is 59.5 cm³/mol. The fourth-order valence-corrected chi connectivity index (χ4v) is 1.38. The Kier molecular flexibility index (Phi) is 3.82. The first-order valence-corrected chi connectivity index (χ1v) is 4.79. The highest BCUT2D eigenvalue weighted by atomic mass is 16.3. The van der Waals surface area contributed by atoms with E-state index in [1.807, 2.05) is 26.0 Å². The van der Waals surface area contributed by atoms with E-state index < -0.39 is 0 Å².